The molecular weight excluding hydrogens is 600 g/mol. The fourth-order valence-electron chi connectivity index (χ4n) is 7.14. The quantitative estimate of drug-likeness (QED) is 0.177. The summed E-state index contributed by atoms with van der Waals surface area (Å²) in [5, 5.41) is 4.88. The third-order valence-electron chi connectivity index (χ3n) is 9.42. The molecule has 0 amide bonds. The average molecular weight is 631 g/mol. The van der Waals surface area contributed by atoms with Crippen LogP contribution in [0.25, 0.3) is 60.5 Å². The summed E-state index contributed by atoms with van der Waals surface area (Å²) in [6.45, 7) is 0. The monoisotopic (exact) mass is 630 g/mol. The van der Waals surface area contributed by atoms with Gasteiger partial charge in [-0.2, -0.15) is 0 Å². The molecule has 0 spiro atoms. The van der Waals surface area contributed by atoms with Gasteiger partial charge in [0.1, 0.15) is 5.82 Å². The second kappa shape index (κ2) is 12.0. The normalized spacial score (nSPS) is 11.4. The molecule has 0 saturated heterocycles. The topological polar surface area (TPSA) is 8.17 Å². The number of halogens is 1. The first-order chi connectivity index (χ1) is 24.2. The predicted octanol–water partition coefficient (Wildman–Crippen LogP) is 12.9. The van der Waals surface area contributed by atoms with Crippen molar-refractivity contribution in [2.45, 2.75) is 0 Å². The van der Waals surface area contributed by atoms with Crippen molar-refractivity contribution in [1.29, 1.82) is 0 Å². The highest BCUT2D eigenvalue weighted by atomic mass is 19.1. The van der Waals surface area contributed by atoms with Crippen LogP contribution >= 0.6 is 0 Å². The number of benzene rings is 8. The minimum absolute atomic E-state index is 0.269. The Balaban J connectivity index is 1.14. The fraction of sp³-hybridized carbons (Fsp3) is 0. The maximum atomic E-state index is 14.6. The lowest BCUT2D eigenvalue weighted by atomic mass is 10.0. The molecule has 0 N–H and O–H groups in total. The lowest BCUT2D eigenvalue weighted by Gasteiger charge is -2.26. The largest absolute Gasteiger partial charge is 0.310 e. The van der Waals surface area contributed by atoms with Gasteiger partial charge in [0.25, 0.3) is 0 Å². The summed E-state index contributed by atoms with van der Waals surface area (Å²) in [4.78, 5) is 2.11. The van der Waals surface area contributed by atoms with E-state index in [1.165, 1.54) is 44.3 Å². The van der Waals surface area contributed by atoms with Gasteiger partial charge in [-0.3, -0.25) is 0 Å². The van der Waals surface area contributed by atoms with E-state index in [2.05, 4.69) is 155 Å². The Hall–Kier alpha value is -6.45. The number of fused-ring (bicyclic) bond motifs is 4. The van der Waals surface area contributed by atoms with E-state index in [0.717, 1.165) is 39.3 Å². The summed E-state index contributed by atoms with van der Waals surface area (Å²) in [6, 6.07) is 64.6. The first kappa shape index (κ1) is 28.7. The Morgan fingerprint density at radius 1 is 0.367 bits per heavy atom. The summed E-state index contributed by atoms with van der Waals surface area (Å²) in [6.07, 6.45) is 0. The molecule has 0 saturated carbocycles. The molecule has 1 heterocycles. The lowest BCUT2D eigenvalue weighted by molar-refractivity contribution is 0.628. The van der Waals surface area contributed by atoms with Crippen molar-refractivity contribution >= 4 is 49.6 Å². The van der Waals surface area contributed by atoms with Crippen LogP contribution in [-0.2, 0) is 0 Å². The third-order valence-corrected chi connectivity index (χ3v) is 9.42. The molecule has 0 radical (unpaired) electrons. The minimum atomic E-state index is -0.269. The van der Waals surface area contributed by atoms with Crippen molar-refractivity contribution in [2.75, 3.05) is 4.90 Å². The van der Waals surface area contributed by atoms with Crippen LogP contribution in [0.5, 0.6) is 0 Å². The van der Waals surface area contributed by atoms with Crippen LogP contribution in [0.2, 0.25) is 0 Å². The highest BCUT2D eigenvalue weighted by Crippen LogP contribution is 2.40. The number of hydrogen-bond donors (Lipinski definition) is 0. The lowest BCUT2D eigenvalue weighted by Crippen LogP contribution is -2.10. The van der Waals surface area contributed by atoms with E-state index < -0.39 is 0 Å². The molecule has 0 aliphatic carbocycles. The molecular formula is C46H31FN2. The van der Waals surface area contributed by atoms with Crippen LogP contribution in [0.15, 0.2) is 188 Å². The van der Waals surface area contributed by atoms with Crippen LogP contribution in [0.1, 0.15) is 0 Å². The fourth-order valence-corrected chi connectivity index (χ4v) is 7.14. The van der Waals surface area contributed by atoms with Crippen molar-refractivity contribution in [3.8, 4) is 27.9 Å². The van der Waals surface area contributed by atoms with E-state index in [4.69, 9.17) is 0 Å². The molecule has 3 heteroatoms. The van der Waals surface area contributed by atoms with Crippen LogP contribution in [-0.4, -0.2) is 4.57 Å². The molecule has 1 aromatic heterocycles. The van der Waals surface area contributed by atoms with Crippen molar-refractivity contribution in [3.05, 3.63) is 194 Å². The van der Waals surface area contributed by atoms with Gasteiger partial charge in [-0.1, -0.05) is 121 Å². The summed E-state index contributed by atoms with van der Waals surface area (Å²) in [5.74, 6) is -0.269. The number of nitrogens with zero attached hydrogens (tertiary/aromatic N) is 2. The number of para-hydroxylation sites is 1. The third kappa shape index (κ3) is 5.13. The minimum Gasteiger partial charge on any atom is -0.310 e. The van der Waals surface area contributed by atoms with Gasteiger partial charge < -0.3 is 9.47 Å². The first-order valence-electron chi connectivity index (χ1n) is 16.5. The molecule has 0 aliphatic rings. The van der Waals surface area contributed by atoms with E-state index in [9.17, 15) is 4.39 Å². The molecule has 0 bridgehead atoms. The molecule has 0 unspecified atom stereocenters. The summed E-state index contributed by atoms with van der Waals surface area (Å²) >= 11 is 0. The SMILES string of the molecule is Fc1cccc(N(c2ccc(-c3ccc4c(c3)c3ccccc3n4-c3cccc4ccccc34)cc2)c2cccc(-c3ccccc3)c2)c1. The van der Waals surface area contributed by atoms with Crippen LogP contribution in [0.4, 0.5) is 21.5 Å². The second-order valence-electron chi connectivity index (χ2n) is 12.4. The zero-order valence-corrected chi connectivity index (χ0v) is 26.7. The van der Waals surface area contributed by atoms with E-state index in [-0.39, 0.29) is 5.82 Å². The van der Waals surface area contributed by atoms with Crippen molar-refractivity contribution < 1.29 is 4.39 Å². The Bertz CT molecular complexity index is 2610. The zero-order chi connectivity index (χ0) is 32.7. The van der Waals surface area contributed by atoms with Gasteiger partial charge in [-0.25, -0.2) is 4.39 Å². The Labute approximate surface area is 284 Å². The van der Waals surface area contributed by atoms with Crippen molar-refractivity contribution in [1.82, 2.24) is 4.57 Å². The maximum absolute atomic E-state index is 14.6. The molecule has 8 aromatic carbocycles. The van der Waals surface area contributed by atoms with E-state index in [1.807, 2.05) is 24.3 Å². The van der Waals surface area contributed by atoms with Gasteiger partial charge in [-0.15, -0.1) is 0 Å². The molecule has 9 aromatic rings. The van der Waals surface area contributed by atoms with Gasteiger partial charge >= 0.3 is 0 Å². The van der Waals surface area contributed by atoms with Crippen molar-refractivity contribution in [2.24, 2.45) is 0 Å². The Kier molecular flexibility index (Phi) is 7.02. The van der Waals surface area contributed by atoms with Gasteiger partial charge in [0.05, 0.1) is 16.7 Å². The standard InChI is InChI=1S/C46H31FN2/c47-37-16-10-18-40(31-37)48(39-17-8-15-35(29-39)32-11-2-1-3-12-32)38-26-23-33(24-27-38)36-25-28-46-43(30-36)42-20-6-7-21-45(42)49(46)44-22-9-14-34-13-4-5-19-41(34)44/h1-31H. The van der Waals surface area contributed by atoms with Crippen LogP contribution in [0.3, 0.4) is 0 Å². The Morgan fingerprint density at radius 2 is 0.959 bits per heavy atom. The van der Waals surface area contributed by atoms with Gasteiger partial charge in [-0.05, 0) is 94.4 Å². The molecule has 232 valence electrons. The Morgan fingerprint density at radius 3 is 1.80 bits per heavy atom. The van der Waals surface area contributed by atoms with Crippen LogP contribution < -0.4 is 4.90 Å². The smallest absolute Gasteiger partial charge is 0.125 e. The van der Waals surface area contributed by atoms with Gasteiger partial charge in [0, 0.05) is 33.2 Å². The van der Waals surface area contributed by atoms with E-state index in [0.29, 0.717) is 0 Å². The first-order valence-corrected chi connectivity index (χ1v) is 16.5. The number of anilines is 3. The summed E-state index contributed by atoms with van der Waals surface area (Å²) < 4.78 is 17.0. The number of aromatic nitrogens is 1. The van der Waals surface area contributed by atoms with Gasteiger partial charge in [0.15, 0.2) is 0 Å². The molecule has 2 nitrogen and oxygen atoms in total. The molecule has 49 heavy (non-hydrogen) atoms. The summed E-state index contributed by atoms with van der Waals surface area (Å²) in [7, 11) is 0. The average Bonchev–Trinajstić information content (AvgIpc) is 3.49. The molecule has 0 atom stereocenters. The second-order valence-corrected chi connectivity index (χ2v) is 12.4. The van der Waals surface area contributed by atoms with E-state index >= 15 is 0 Å². The zero-order valence-electron chi connectivity index (χ0n) is 26.7. The van der Waals surface area contributed by atoms with Gasteiger partial charge in [0.2, 0.25) is 0 Å². The van der Waals surface area contributed by atoms with E-state index in [1.54, 1.807) is 12.1 Å². The predicted molar refractivity (Wildman–Crippen MR) is 204 cm³/mol. The molecule has 0 fully saturated rings. The van der Waals surface area contributed by atoms with Crippen LogP contribution in [0, 0.1) is 5.82 Å². The van der Waals surface area contributed by atoms with Crippen molar-refractivity contribution in [3.63, 3.8) is 0 Å². The number of hydrogen-bond acceptors (Lipinski definition) is 1. The highest BCUT2D eigenvalue weighted by Gasteiger charge is 2.17. The highest BCUT2D eigenvalue weighted by molar-refractivity contribution is 6.11. The number of rotatable bonds is 6. The maximum Gasteiger partial charge on any atom is 0.125 e. The summed E-state index contributed by atoms with van der Waals surface area (Å²) in [5.41, 5.74) is 10.7. The molecule has 0 aliphatic heterocycles. The molecule has 9 rings (SSSR count).